The van der Waals surface area contributed by atoms with Gasteiger partial charge in [-0.3, -0.25) is 4.79 Å². The van der Waals surface area contributed by atoms with Crippen LogP contribution in [-0.2, 0) is 9.31 Å². The Kier molecular flexibility index (Phi) is 4.57. The monoisotopic (exact) mass is 318 g/mol. The summed E-state index contributed by atoms with van der Waals surface area (Å²) in [6.45, 7) is 8.10. The molecule has 0 bridgehead atoms. The number of hydrogen-bond donors (Lipinski definition) is 3. The number of phenols is 1. The molecule has 124 valence electrons. The molecule has 7 heteroatoms. The molecule has 1 aromatic rings. The Labute approximate surface area is 136 Å². The van der Waals surface area contributed by atoms with Crippen molar-refractivity contribution >= 4 is 19.1 Å². The zero-order chi connectivity index (χ0) is 17.4. The maximum absolute atomic E-state index is 11.3. The molecule has 1 amide bonds. The third-order valence-corrected chi connectivity index (χ3v) is 4.43. The number of carbonyl (C=O) groups excluding carboxylic acids is 1. The van der Waals surface area contributed by atoms with Gasteiger partial charge in [-0.1, -0.05) is 12.1 Å². The molecule has 0 atom stereocenters. The van der Waals surface area contributed by atoms with Crippen LogP contribution in [0, 0.1) is 0 Å². The van der Waals surface area contributed by atoms with Crippen molar-refractivity contribution in [1.29, 1.82) is 0 Å². The number of nitrogens with two attached hydrogens (primary N) is 2. The highest BCUT2D eigenvalue weighted by Gasteiger charge is 2.52. The van der Waals surface area contributed by atoms with E-state index in [-0.39, 0.29) is 17.9 Å². The largest absolute Gasteiger partial charge is 0.507 e. The lowest BCUT2D eigenvalue weighted by molar-refractivity contribution is 0.00578. The summed E-state index contributed by atoms with van der Waals surface area (Å²) in [7, 11) is -0.559. The Morgan fingerprint density at radius 3 is 2.30 bits per heavy atom. The van der Waals surface area contributed by atoms with Crippen molar-refractivity contribution in [3.8, 4) is 5.75 Å². The zero-order valence-corrected chi connectivity index (χ0v) is 13.9. The highest BCUT2D eigenvalue weighted by molar-refractivity contribution is 6.55. The number of carbonyl (C=O) groups is 1. The van der Waals surface area contributed by atoms with Crippen LogP contribution in [0.15, 0.2) is 23.7 Å². The molecule has 1 saturated heterocycles. The minimum absolute atomic E-state index is 0.0593. The van der Waals surface area contributed by atoms with Gasteiger partial charge in [-0.05, 0) is 50.9 Å². The van der Waals surface area contributed by atoms with Crippen molar-refractivity contribution in [3.63, 3.8) is 0 Å². The molecule has 0 aliphatic carbocycles. The van der Waals surface area contributed by atoms with Crippen LogP contribution < -0.4 is 11.5 Å². The summed E-state index contributed by atoms with van der Waals surface area (Å²) in [4.78, 5) is 11.3. The molecule has 1 aliphatic rings. The fourth-order valence-corrected chi connectivity index (χ4v) is 2.27. The lowest BCUT2D eigenvalue weighted by Crippen LogP contribution is -2.41. The summed E-state index contributed by atoms with van der Waals surface area (Å²) in [5.41, 5.74) is 11.7. The minimum atomic E-state index is -0.692. The summed E-state index contributed by atoms with van der Waals surface area (Å²) < 4.78 is 12.0. The molecular formula is C16H23BN2O4. The first kappa shape index (κ1) is 17.5. The second kappa shape index (κ2) is 6.00. The Morgan fingerprint density at radius 2 is 1.83 bits per heavy atom. The number of rotatable bonds is 4. The Balaban J connectivity index is 2.34. The van der Waals surface area contributed by atoms with Gasteiger partial charge in [-0.2, -0.15) is 0 Å². The summed E-state index contributed by atoms with van der Waals surface area (Å²) >= 11 is 0. The van der Waals surface area contributed by atoms with E-state index in [4.69, 9.17) is 20.8 Å². The fourth-order valence-electron chi connectivity index (χ4n) is 2.27. The van der Waals surface area contributed by atoms with Gasteiger partial charge in [-0.15, -0.1) is 0 Å². The van der Waals surface area contributed by atoms with Crippen LogP contribution in [0.1, 0.15) is 43.6 Å². The Morgan fingerprint density at radius 1 is 1.26 bits per heavy atom. The van der Waals surface area contributed by atoms with Crippen LogP contribution >= 0.6 is 0 Å². The van der Waals surface area contributed by atoms with Crippen LogP contribution in [-0.4, -0.2) is 35.9 Å². The highest BCUT2D eigenvalue weighted by Crippen LogP contribution is 2.38. The normalized spacial score (nSPS) is 19.9. The second-order valence-corrected chi connectivity index (χ2v) is 6.65. The van der Waals surface area contributed by atoms with Crippen molar-refractivity contribution in [1.82, 2.24) is 0 Å². The first-order chi connectivity index (χ1) is 10.6. The number of aromatic hydroxyl groups is 1. The molecule has 0 radical (unpaired) electrons. The van der Waals surface area contributed by atoms with E-state index in [1.54, 1.807) is 12.1 Å². The molecule has 2 rings (SSSR count). The van der Waals surface area contributed by atoms with Crippen molar-refractivity contribution in [3.05, 3.63) is 34.8 Å². The number of hydrogen-bond acceptors (Lipinski definition) is 5. The first-order valence-electron chi connectivity index (χ1n) is 7.46. The predicted octanol–water partition coefficient (Wildman–Crippen LogP) is 1.46. The quantitative estimate of drug-likeness (QED) is 0.729. The molecular weight excluding hydrogens is 295 g/mol. The van der Waals surface area contributed by atoms with Crippen molar-refractivity contribution in [2.45, 2.75) is 38.9 Å². The van der Waals surface area contributed by atoms with Crippen molar-refractivity contribution in [2.75, 3.05) is 6.54 Å². The standard InChI is InChI=1S/C16H23BN2O4/c1-15(2)16(3,4)23-17(22-15)11(9-18)7-10-5-6-13(20)12(8-10)14(19)21/h5-8,20H,9,18H2,1-4H3,(H2,19,21). The molecule has 1 fully saturated rings. The van der Waals surface area contributed by atoms with Crippen LogP contribution in [0.5, 0.6) is 5.75 Å². The van der Waals surface area contributed by atoms with Crippen LogP contribution in [0.4, 0.5) is 0 Å². The molecule has 0 saturated carbocycles. The van der Waals surface area contributed by atoms with Gasteiger partial charge < -0.3 is 25.9 Å². The maximum Gasteiger partial charge on any atom is 0.491 e. The van der Waals surface area contributed by atoms with Gasteiger partial charge in [-0.25, -0.2) is 0 Å². The van der Waals surface area contributed by atoms with E-state index in [2.05, 4.69) is 0 Å². The lowest BCUT2D eigenvalue weighted by Gasteiger charge is -2.32. The molecule has 1 aromatic carbocycles. The maximum atomic E-state index is 11.3. The van der Waals surface area contributed by atoms with Crippen LogP contribution in [0.2, 0.25) is 0 Å². The number of primary amides is 1. The molecule has 6 nitrogen and oxygen atoms in total. The van der Waals surface area contributed by atoms with E-state index < -0.39 is 24.2 Å². The predicted molar refractivity (Wildman–Crippen MR) is 89.7 cm³/mol. The highest BCUT2D eigenvalue weighted by atomic mass is 16.7. The summed E-state index contributed by atoms with van der Waals surface area (Å²) in [5, 5.41) is 9.65. The van der Waals surface area contributed by atoms with Crippen LogP contribution in [0.3, 0.4) is 0 Å². The molecule has 0 spiro atoms. The summed E-state index contributed by atoms with van der Waals surface area (Å²) in [6.07, 6.45) is 1.79. The topological polar surface area (TPSA) is 108 Å². The van der Waals surface area contributed by atoms with Gasteiger partial charge in [0, 0.05) is 6.54 Å². The number of benzene rings is 1. The average molecular weight is 318 g/mol. The van der Waals surface area contributed by atoms with Crippen molar-refractivity contribution in [2.24, 2.45) is 11.5 Å². The SMILES string of the molecule is CC1(C)OB(C(=Cc2ccc(O)c(C(N)=O)c2)CN)OC1(C)C. The Hall–Kier alpha value is -1.83. The Bertz CT molecular complexity index is 639. The second-order valence-electron chi connectivity index (χ2n) is 6.65. The number of amides is 1. The third kappa shape index (κ3) is 3.42. The van der Waals surface area contributed by atoms with E-state index in [0.717, 1.165) is 5.47 Å². The molecule has 23 heavy (non-hydrogen) atoms. The first-order valence-corrected chi connectivity index (χ1v) is 7.46. The van der Waals surface area contributed by atoms with E-state index in [0.29, 0.717) is 5.56 Å². The van der Waals surface area contributed by atoms with E-state index in [1.807, 2.05) is 27.7 Å². The molecule has 0 aromatic heterocycles. The van der Waals surface area contributed by atoms with Crippen LogP contribution in [0.25, 0.3) is 6.08 Å². The lowest BCUT2D eigenvalue weighted by atomic mass is 9.77. The van der Waals surface area contributed by atoms with Gasteiger partial charge in [0.1, 0.15) is 5.75 Å². The van der Waals surface area contributed by atoms with Gasteiger partial charge in [0.2, 0.25) is 0 Å². The van der Waals surface area contributed by atoms with E-state index >= 15 is 0 Å². The van der Waals surface area contributed by atoms with Gasteiger partial charge in [0.05, 0.1) is 16.8 Å². The van der Waals surface area contributed by atoms with Gasteiger partial charge in [0.25, 0.3) is 5.91 Å². The summed E-state index contributed by atoms with van der Waals surface area (Å²) in [6, 6.07) is 4.60. The van der Waals surface area contributed by atoms with Gasteiger partial charge in [0.15, 0.2) is 0 Å². The van der Waals surface area contributed by atoms with E-state index in [9.17, 15) is 9.90 Å². The van der Waals surface area contributed by atoms with E-state index in [1.165, 1.54) is 12.1 Å². The summed E-state index contributed by atoms with van der Waals surface area (Å²) in [5.74, 6) is -0.845. The molecule has 1 heterocycles. The molecule has 5 N–H and O–H groups in total. The third-order valence-electron chi connectivity index (χ3n) is 4.43. The minimum Gasteiger partial charge on any atom is -0.507 e. The van der Waals surface area contributed by atoms with Crippen molar-refractivity contribution < 1.29 is 19.2 Å². The molecule has 0 unspecified atom stereocenters. The fraction of sp³-hybridized carbons (Fsp3) is 0.438. The smallest absolute Gasteiger partial charge is 0.491 e. The zero-order valence-electron chi connectivity index (χ0n) is 13.9. The average Bonchev–Trinajstić information content (AvgIpc) is 2.66. The molecule has 1 aliphatic heterocycles. The van der Waals surface area contributed by atoms with Gasteiger partial charge >= 0.3 is 7.12 Å².